The molecule has 0 amide bonds. The van der Waals surface area contributed by atoms with Gasteiger partial charge in [0, 0.05) is 19.2 Å². The quantitative estimate of drug-likeness (QED) is 0.776. The zero-order valence-corrected chi connectivity index (χ0v) is 11.3. The molecule has 0 aliphatic rings. The van der Waals surface area contributed by atoms with Crippen LogP contribution in [0.1, 0.15) is 32.7 Å². The van der Waals surface area contributed by atoms with E-state index in [9.17, 15) is 4.79 Å². The first-order chi connectivity index (χ1) is 8.47. The molecule has 2 rings (SSSR count). The van der Waals surface area contributed by atoms with Crippen LogP contribution in [0.2, 0.25) is 0 Å². The third-order valence-corrected chi connectivity index (χ3v) is 3.18. The fourth-order valence-corrected chi connectivity index (χ4v) is 2.22. The maximum Gasteiger partial charge on any atom is 0.170 e. The van der Waals surface area contributed by atoms with Gasteiger partial charge in [-0.25, -0.2) is 0 Å². The average Bonchev–Trinajstić information content (AvgIpc) is 2.58. The van der Waals surface area contributed by atoms with E-state index in [1.807, 2.05) is 14.0 Å². The van der Waals surface area contributed by atoms with Gasteiger partial charge in [-0.1, -0.05) is 29.3 Å². The molecular formula is C15H18N2O. The molecule has 1 aromatic carbocycles. The molecule has 0 radical (unpaired) electrons. The van der Waals surface area contributed by atoms with Gasteiger partial charge in [-0.3, -0.25) is 9.48 Å². The predicted molar refractivity (Wildman–Crippen MR) is 71.9 cm³/mol. The SMILES string of the molecule is Cc1cc(C)cc(CC(=O)c2cnn(C)c2C)c1. The van der Waals surface area contributed by atoms with Gasteiger partial charge in [-0.15, -0.1) is 0 Å². The summed E-state index contributed by atoms with van der Waals surface area (Å²) in [5, 5.41) is 4.11. The van der Waals surface area contributed by atoms with Crippen molar-refractivity contribution in [3.63, 3.8) is 0 Å². The van der Waals surface area contributed by atoms with Crippen molar-refractivity contribution >= 4 is 5.78 Å². The summed E-state index contributed by atoms with van der Waals surface area (Å²) in [6.07, 6.45) is 2.09. The number of ketones is 1. The smallest absolute Gasteiger partial charge is 0.170 e. The molecule has 1 heterocycles. The molecular weight excluding hydrogens is 224 g/mol. The van der Waals surface area contributed by atoms with Crippen molar-refractivity contribution in [2.45, 2.75) is 27.2 Å². The molecule has 2 aromatic rings. The Morgan fingerprint density at radius 1 is 1.17 bits per heavy atom. The normalized spacial score (nSPS) is 10.7. The monoisotopic (exact) mass is 242 g/mol. The molecule has 0 aliphatic carbocycles. The van der Waals surface area contributed by atoms with E-state index in [2.05, 4.69) is 37.1 Å². The second kappa shape index (κ2) is 4.77. The minimum absolute atomic E-state index is 0.130. The van der Waals surface area contributed by atoms with Crippen molar-refractivity contribution in [2.24, 2.45) is 7.05 Å². The molecule has 94 valence electrons. The van der Waals surface area contributed by atoms with Gasteiger partial charge in [0.2, 0.25) is 0 Å². The number of aromatic nitrogens is 2. The number of hydrogen-bond acceptors (Lipinski definition) is 2. The molecule has 0 atom stereocenters. The van der Waals surface area contributed by atoms with Crippen molar-refractivity contribution in [3.05, 3.63) is 52.3 Å². The Labute approximate surface area is 107 Å². The second-order valence-corrected chi connectivity index (χ2v) is 4.86. The molecule has 0 aliphatic heterocycles. The maximum atomic E-state index is 12.2. The lowest BCUT2D eigenvalue weighted by Gasteiger charge is -2.04. The number of benzene rings is 1. The van der Waals surface area contributed by atoms with Crippen LogP contribution in [0.3, 0.4) is 0 Å². The van der Waals surface area contributed by atoms with Gasteiger partial charge >= 0.3 is 0 Å². The fourth-order valence-electron chi connectivity index (χ4n) is 2.22. The number of Topliss-reactive ketones (excluding diaryl/α,β-unsaturated/α-hetero) is 1. The second-order valence-electron chi connectivity index (χ2n) is 4.86. The highest BCUT2D eigenvalue weighted by atomic mass is 16.1. The highest BCUT2D eigenvalue weighted by molar-refractivity contribution is 5.98. The first-order valence-corrected chi connectivity index (χ1v) is 6.06. The maximum absolute atomic E-state index is 12.2. The Kier molecular flexibility index (Phi) is 3.32. The average molecular weight is 242 g/mol. The summed E-state index contributed by atoms with van der Waals surface area (Å²) in [5.74, 6) is 0.130. The molecule has 18 heavy (non-hydrogen) atoms. The molecule has 0 saturated heterocycles. The lowest BCUT2D eigenvalue weighted by Crippen LogP contribution is -2.05. The Hall–Kier alpha value is -1.90. The fraction of sp³-hybridized carbons (Fsp3) is 0.333. The van der Waals surface area contributed by atoms with E-state index >= 15 is 0 Å². The van der Waals surface area contributed by atoms with Gasteiger partial charge in [-0.05, 0) is 26.3 Å². The molecule has 0 N–H and O–H groups in total. The number of rotatable bonds is 3. The van der Waals surface area contributed by atoms with E-state index in [4.69, 9.17) is 0 Å². The van der Waals surface area contributed by atoms with Crippen LogP contribution in [0.5, 0.6) is 0 Å². The zero-order valence-electron chi connectivity index (χ0n) is 11.3. The van der Waals surface area contributed by atoms with E-state index in [0.717, 1.165) is 16.8 Å². The van der Waals surface area contributed by atoms with Crippen LogP contribution < -0.4 is 0 Å². The number of carbonyl (C=O) groups excluding carboxylic acids is 1. The third kappa shape index (κ3) is 2.50. The van der Waals surface area contributed by atoms with Gasteiger partial charge < -0.3 is 0 Å². The van der Waals surface area contributed by atoms with Crippen LogP contribution in [0.25, 0.3) is 0 Å². The Morgan fingerprint density at radius 3 is 2.28 bits per heavy atom. The molecule has 0 bridgehead atoms. The van der Waals surface area contributed by atoms with Crippen molar-refractivity contribution in [1.29, 1.82) is 0 Å². The van der Waals surface area contributed by atoms with Crippen molar-refractivity contribution < 1.29 is 4.79 Å². The van der Waals surface area contributed by atoms with Gasteiger partial charge in [0.05, 0.1) is 11.8 Å². The standard InChI is InChI=1S/C15H18N2O/c1-10-5-11(2)7-13(6-10)8-15(18)14-9-16-17(4)12(14)3/h5-7,9H,8H2,1-4H3. The number of hydrogen-bond donors (Lipinski definition) is 0. The largest absolute Gasteiger partial charge is 0.294 e. The lowest BCUT2D eigenvalue weighted by molar-refractivity contribution is 0.0992. The molecule has 1 aromatic heterocycles. The van der Waals surface area contributed by atoms with Crippen LogP contribution in [-0.2, 0) is 13.5 Å². The van der Waals surface area contributed by atoms with Crippen LogP contribution >= 0.6 is 0 Å². The topological polar surface area (TPSA) is 34.9 Å². The summed E-state index contributed by atoms with van der Waals surface area (Å²) in [7, 11) is 1.85. The van der Waals surface area contributed by atoms with Crippen molar-refractivity contribution in [1.82, 2.24) is 9.78 Å². The predicted octanol–water partition coefficient (Wildman–Crippen LogP) is 2.77. The summed E-state index contributed by atoms with van der Waals surface area (Å²) in [5.41, 5.74) is 5.10. The molecule has 0 unspecified atom stereocenters. The lowest BCUT2D eigenvalue weighted by atomic mass is 10.0. The molecule has 3 nitrogen and oxygen atoms in total. The Morgan fingerprint density at radius 2 is 1.78 bits per heavy atom. The Balaban J connectivity index is 2.24. The van der Waals surface area contributed by atoms with Crippen LogP contribution in [0.4, 0.5) is 0 Å². The van der Waals surface area contributed by atoms with Gasteiger partial charge in [0.1, 0.15) is 0 Å². The summed E-state index contributed by atoms with van der Waals surface area (Å²) < 4.78 is 1.73. The molecule has 0 fully saturated rings. The minimum atomic E-state index is 0.130. The highest BCUT2D eigenvalue weighted by Crippen LogP contribution is 2.14. The van der Waals surface area contributed by atoms with Crippen molar-refractivity contribution in [3.8, 4) is 0 Å². The first kappa shape index (κ1) is 12.6. The summed E-state index contributed by atoms with van der Waals surface area (Å²) >= 11 is 0. The van der Waals surface area contributed by atoms with Crippen LogP contribution in [-0.4, -0.2) is 15.6 Å². The zero-order chi connectivity index (χ0) is 13.3. The molecule has 3 heteroatoms. The highest BCUT2D eigenvalue weighted by Gasteiger charge is 2.13. The van der Waals surface area contributed by atoms with E-state index < -0.39 is 0 Å². The number of aryl methyl sites for hydroxylation is 3. The number of carbonyl (C=O) groups is 1. The minimum Gasteiger partial charge on any atom is -0.294 e. The van der Waals surface area contributed by atoms with E-state index in [-0.39, 0.29) is 5.78 Å². The van der Waals surface area contributed by atoms with Gasteiger partial charge in [0.15, 0.2) is 5.78 Å². The van der Waals surface area contributed by atoms with E-state index in [1.54, 1.807) is 10.9 Å². The Bertz CT molecular complexity index is 576. The third-order valence-electron chi connectivity index (χ3n) is 3.18. The van der Waals surface area contributed by atoms with Crippen molar-refractivity contribution in [2.75, 3.05) is 0 Å². The summed E-state index contributed by atoms with van der Waals surface area (Å²) in [6, 6.07) is 6.25. The van der Waals surface area contributed by atoms with Crippen LogP contribution in [0.15, 0.2) is 24.4 Å². The summed E-state index contributed by atoms with van der Waals surface area (Å²) in [6.45, 7) is 6.02. The van der Waals surface area contributed by atoms with Gasteiger partial charge in [-0.2, -0.15) is 5.10 Å². The van der Waals surface area contributed by atoms with Crippen LogP contribution in [0, 0.1) is 20.8 Å². The van der Waals surface area contributed by atoms with E-state index in [0.29, 0.717) is 6.42 Å². The number of nitrogens with zero attached hydrogens (tertiary/aromatic N) is 2. The molecule has 0 saturated carbocycles. The summed E-state index contributed by atoms with van der Waals surface area (Å²) in [4.78, 5) is 12.2. The molecule has 0 spiro atoms. The van der Waals surface area contributed by atoms with E-state index in [1.165, 1.54) is 11.1 Å². The first-order valence-electron chi connectivity index (χ1n) is 6.06. The van der Waals surface area contributed by atoms with Gasteiger partial charge in [0.25, 0.3) is 0 Å².